The van der Waals surface area contributed by atoms with Crippen molar-refractivity contribution < 1.29 is 14.7 Å². The molecule has 0 unspecified atom stereocenters. The monoisotopic (exact) mass is 338 g/mol. The van der Waals surface area contributed by atoms with Gasteiger partial charge in [-0.15, -0.1) is 0 Å². The zero-order valence-electron chi connectivity index (χ0n) is 13.9. The summed E-state index contributed by atoms with van der Waals surface area (Å²) in [4.78, 5) is 30.2. The van der Waals surface area contributed by atoms with Gasteiger partial charge < -0.3 is 19.7 Å². The number of carboxylic acid groups (broad SMARTS) is 1. The summed E-state index contributed by atoms with van der Waals surface area (Å²) < 4.78 is 1.88. The molecule has 1 aromatic carbocycles. The van der Waals surface area contributed by atoms with Crippen LogP contribution in [0.5, 0.6) is 0 Å². The number of amides is 1. The van der Waals surface area contributed by atoms with Gasteiger partial charge in [0.25, 0.3) is 5.91 Å². The summed E-state index contributed by atoms with van der Waals surface area (Å²) in [6.07, 6.45) is 1.86. The van der Waals surface area contributed by atoms with E-state index in [1.807, 2.05) is 47.8 Å². The molecule has 0 fully saturated rings. The van der Waals surface area contributed by atoms with E-state index in [0.29, 0.717) is 23.6 Å². The predicted molar refractivity (Wildman–Crippen MR) is 93.9 cm³/mol. The van der Waals surface area contributed by atoms with Gasteiger partial charge in [-0.05, 0) is 44.4 Å². The fourth-order valence-corrected chi connectivity index (χ4v) is 2.60. The van der Waals surface area contributed by atoms with Crippen LogP contribution in [0.2, 0.25) is 0 Å². The van der Waals surface area contributed by atoms with Crippen molar-refractivity contribution in [3.05, 3.63) is 65.6 Å². The second kappa shape index (κ2) is 6.74. The van der Waals surface area contributed by atoms with Gasteiger partial charge in [-0.1, -0.05) is 12.1 Å². The van der Waals surface area contributed by atoms with Crippen molar-refractivity contribution in [2.75, 3.05) is 19.4 Å². The number of carbonyl (C=O) groups is 2. The molecular weight excluding hydrogens is 320 g/mol. The molecule has 0 radical (unpaired) electrons. The van der Waals surface area contributed by atoms with Crippen LogP contribution >= 0.6 is 0 Å². The van der Waals surface area contributed by atoms with E-state index >= 15 is 0 Å². The number of benzene rings is 1. The Bertz CT molecular complexity index is 946. The molecule has 0 bridgehead atoms. The minimum atomic E-state index is -1.04. The van der Waals surface area contributed by atoms with E-state index in [2.05, 4.69) is 10.3 Å². The highest BCUT2D eigenvalue weighted by Gasteiger charge is 2.19. The first-order chi connectivity index (χ1) is 12.0. The van der Waals surface area contributed by atoms with Gasteiger partial charge in [-0.25, -0.2) is 9.78 Å². The minimum Gasteiger partial charge on any atom is -0.478 e. The third-order valence-corrected chi connectivity index (χ3v) is 3.68. The summed E-state index contributed by atoms with van der Waals surface area (Å²) in [7, 11) is 3.83. The molecule has 7 heteroatoms. The van der Waals surface area contributed by atoms with Crippen LogP contribution in [0.25, 0.3) is 5.65 Å². The number of aromatic carboxylic acids is 1. The zero-order valence-corrected chi connectivity index (χ0v) is 13.9. The summed E-state index contributed by atoms with van der Waals surface area (Å²) in [5, 5.41) is 11.8. The number of nitrogens with one attached hydrogen (secondary N) is 1. The highest BCUT2D eigenvalue weighted by Crippen LogP contribution is 2.17. The number of pyridine rings is 1. The third-order valence-electron chi connectivity index (χ3n) is 3.68. The van der Waals surface area contributed by atoms with Crippen molar-refractivity contribution in [3.8, 4) is 0 Å². The SMILES string of the molecule is CN(C)Cc1c(C(=O)Nc2cccc(C(=O)O)c2)nc2ccccn12. The lowest BCUT2D eigenvalue weighted by Gasteiger charge is -2.11. The molecule has 3 aromatic rings. The van der Waals surface area contributed by atoms with E-state index in [9.17, 15) is 9.59 Å². The van der Waals surface area contributed by atoms with E-state index in [1.165, 1.54) is 12.1 Å². The van der Waals surface area contributed by atoms with Crippen molar-refractivity contribution in [1.29, 1.82) is 0 Å². The number of hydrogen-bond donors (Lipinski definition) is 2. The number of carbonyl (C=O) groups excluding carboxylic acids is 1. The van der Waals surface area contributed by atoms with Gasteiger partial charge >= 0.3 is 5.97 Å². The second-order valence-corrected chi connectivity index (χ2v) is 5.91. The topological polar surface area (TPSA) is 86.9 Å². The van der Waals surface area contributed by atoms with Gasteiger partial charge in [0.05, 0.1) is 11.3 Å². The number of fused-ring (bicyclic) bond motifs is 1. The van der Waals surface area contributed by atoms with Crippen LogP contribution in [-0.2, 0) is 6.54 Å². The van der Waals surface area contributed by atoms with Gasteiger partial charge in [0.15, 0.2) is 5.69 Å². The fourth-order valence-electron chi connectivity index (χ4n) is 2.60. The summed E-state index contributed by atoms with van der Waals surface area (Å²) in [6, 6.07) is 11.7. The summed E-state index contributed by atoms with van der Waals surface area (Å²) in [5.41, 5.74) is 2.30. The smallest absolute Gasteiger partial charge is 0.335 e. The Balaban J connectivity index is 1.96. The van der Waals surface area contributed by atoms with Gasteiger partial charge in [0, 0.05) is 18.4 Å². The third kappa shape index (κ3) is 3.51. The number of carboxylic acids is 1. The van der Waals surface area contributed by atoms with E-state index in [-0.39, 0.29) is 11.5 Å². The molecule has 0 aliphatic rings. The Hall–Kier alpha value is -3.19. The second-order valence-electron chi connectivity index (χ2n) is 5.91. The first-order valence-electron chi connectivity index (χ1n) is 7.71. The Morgan fingerprint density at radius 3 is 2.72 bits per heavy atom. The molecule has 0 aliphatic heterocycles. The molecule has 25 heavy (non-hydrogen) atoms. The predicted octanol–water partition coefficient (Wildman–Crippen LogP) is 2.35. The van der Waals surface area contributed by atoms with Crippen molar-refractivity contribution in [1.82, 2.24) is 14.3 Å². The number of imidazole rings is 1. The minimum absolute atomic E-state index is 0.112. The highest BCUT2D eigenvalue weighted by molar-refractivity contribution is 6.04. The first kappa shape index (κ1) is 16.7. The van der Waals surface area contributed by atoms with Gasteiger partial charge in [0.2, 0.25) is 0 Å². The maximum absolute atomic E-state index is 12.7. The van der Waals surface area contributed by atoms with Crippen molar-refractivity contribution >= 4 is 23.2 Å². The van der Waals surface area contributed by atoms with Crippen molar-refractivity contribution in [2.45, 2.75) is 6.54 Å². The van der Waals surface area contributed by atoms with Gasteiger partial charge in [0.1, 0.15) is 5.65 Å². The van der Waals surface area contributed by atoms with Crippen molar-refractivity contribution in [2.24, 2.45) is 0 Å². The normalized spacial score (nSPS) is 11.0. The molecule has 0 saturated carbocycles. The van der Waals surface area contributed by atoms with Crippen LogP contribution in [0.4, 0.5) is 5.69 Å². The molecule has 3 rings (SSSR count). The number of nitrogens with zero attached hydrogens (tertiary/aromatic N) is 3. The van der Waals surface area contributed by atoms with E-state index in [1.54, 1.807) is 12.1 Å². The number of hydrogen-bond acceptors (Lipinski definition) is 4. The maximum atomic E-state index is 12.7. The van der Waals surface area contributed by atoms with E-state index < -0.39 is 5.97 Å². The average molecular weight is 338 g/mol. The van der Waals surface area contributed by atoms with Crippen LogP contribution in [0.1, 0.15) is 26.5 Å². The van der Waals surface area contributed by atoms with Crippen LogP contribution < -0.4 is 5.32 Å². The van der Waals surface area contributed by atoms with Crippen molar-refractivity contribution in [3.63, 3.8) is 0 Å². The molecular formula is C18H18N4O3. The Labute approximate surface area is 144 Å². The first-order valence-corrected chi connectivity index (χ1v) is 7.71. The van der Waals surface area contributed by atoms with Crippen LogP contribution in [0, 0.1) is 0 Å². The summed E-state index contributed by atoms with van der Waals surface area (Å²) in [6.45, 7) is 0.545. The maximum Gasteiger partial charge on any atom is 0.335 e. The van der Waals surface area contributed by atoms with Crippen LogP contribution in [0.3, 0.4) is 0 Å². The lowest BCUT2D eigenvalue weighted by molar-refractivity contribution is 0.0696. The van der Waals surface area contributed by atoms with Crippen LogP contribution in [-0.4, -0.2) is 45.4 Å². The number of aromatic nitrogens is 2. The lowest BCUT2D eigenvalue weighted by atomic mass is 10.2. The van der Waals surface area contributed by atoms with Crippen LogP contribution in [0.15, 0.2) is 48.7 Å². The van der Waals surface area contributed by atoms with E-state index in [0.717, 1.165) is 5.69 Å². The Morgan fingerprint density at radius 2 is 2.00 bits per heavy atom. The number of anilines is 1. The highest BCUT2D eigenvalue weighted by atomic mass is 16.4. The molecule has 2 aromatic heterocycles. The Kier molecular flexibility index (Phi) is 4.49. The van der Waals surface area contributed by atoms with E-state index in [4.69, 9.17) is 5.11 Å². The zero-order chi connectivity index (χ0) is 18.0. The number of rotatable bonds is 5. The molecule has 0 atom stereocenters. The molecule has 1 amide bonds. The molecule has 2 N–H and O–H groups in total. The average Bonchev–Trinajstić information content (AvgIpc) is 2.93. The summed E-state index contributed by atoms with van der Waals surface area (Å²) in [5.74, 6) is -1.42. The van der Waals surface area contributed by atoms with Gasteiger partial charge in [-0.3, -0.25) is 4.79 Å². The quantitative estimate of drug-likeness (QED) is 0.746. The Morgan fingerprint density at radius 1 is 1.20 bits per heavy atom. The lowest BCUT2D eigenvalue weighted by Crippen LogP contribution is -2.19. The largest absolute Gasteiger partial charge is 0.478 e. The summed E-state index contributed by atoms with van der Waals surface area (Å²) >= 11 is 0. The molecule has 2 heterocycles. The standard InChI is InChI=1S/C18H18N4O3/c1-21(2)11-14-16(20-15-8-3-4-9-22(14)15)17(23)19-13-7-5-6-12(10-13)18(24)25/h3-10H,11H2,1-2H3,(H,19,23)(H,24,25). The molecule has 7 nitrogen and oxygen atoms in total. The molecule has 0 aliphatic carbocycles. The fraction of sp³-hybridized carbons (Fsp3) is 0.167. The molecule has 0 saturated heterocycles. The molecule has 128 valence electrons. The van der Waals surface area contributed by atoms with Gasteiger partial charge in [-0.2, -0.15) is 0 Å². The molecule has 0 spiro atoms.